The van der Waals surface area contributed by atoms with Gasteiger partial charge in [-0.1, -0.05) is 36.7 Å². The quantitative estimate of drug-likeness (QED) is 0.284. The maximum absolute atomic E-state index is 12.9. The summed E-state index contributed by atoms with van der Waals surface area (Å²) in [7, 11) is 1.61. The van der Waals surface area contributed by atoms with Crippen molar-refractivity contribution in [3.63, 3.8) is 0 Å². The van der Waals surface area contributed by atoms with Crippen LogP contribution in [0.5, 0.6) is 0 Å². The van der Waals surface area contributed by atoms with Crippen molar-refractivity contribution < 1.29 is 14.4 Å². The molecule has 2 N–H and O–H groups in total. The highest BCUT2D eigenvalue weighted by Crippen LogP contribution is 2.23. The lowest BCUT2D eigenvalue weighted by atomic mass is 10.1. The molecule has 0 spiro atoms. The fourth-order valence-corrected chi connectivity index (χ4v) is 5.32. The van der Waals surface area contributed by atoms with Gasteiger partial charge in [0.1, 0.15) is 0 Å². The van der Waals surface area contributed by atoms with Gasteiger partial charge in [-0.2, -0.15) is 0 Å². The summed E-state index contributed by atoms with van der Waals surface area (Å²) in [6.07, 6.45) is 4.15. The molecule has 1 saturated carbocycles. The van der Waals surface area contributed by atoms with E-state index in [0.717, 1.165) is 37.4 Å². The Hall–Kier alpha value is -3.99. The standard InChI is InChI=1S/C26H26N6O4S/c1-15(33)16-6-5-9-19(12-16)27-22(34)14-37-26-30-29-25-31(2)24(36)20-11-10-17(13-21(20)32(25)26)23(35)28-18-7-3-4-8-18/h5-6,9-13,18H,3-4,7-8,14H2,1-2H3,(H,27,34)(H,28,35). The van der Waals surface area contributed by atoms with Crippen LogP contribution in [0, 0.1) is 0 Å². The van der Waals surface area contributed by atoms with Gasteiger partial charge in [-0.25, -0.2) is 0 Å². The molecule has 1 aliphatic carbocycles. The third-order valence-electron chi connectivity index (χ3n) is 6.53. The molecule has 0 unspecified atom stereocenters. The maximum Gasteiger partial charge on any atom is 0.262 e. The molecule has 0 radical (unpaired) electrons. The Bertz CT molecular complexity index is 1600. The largest absolute Gasteiger partial charge is 0.349 e. The molecule has 11 heteroatoms. The predicted octanol–water partition coefficient (Wildman–Crippen LogP) is 3.19. The number of rotatable bonds is 7. The van der Waals surface area contributed by atoms with E-state index in [0.29, 0.717) is 38.7 Å². The Kier molecular flexibility index (Phi) is 6.79. The molecule has 2 aromatic heterocycles. The summed E-state index contributed by atoms with van der Waals surface area (Å²) in [5.41, 5.74) is 1.72. The smallest absolute Gasteiger partial charge is 0.262 e. The highest BCUT2D eigenvalue weighted by atomic mass is 32.2. The minimum Gasteiger partial charge on any atom is -0.349 e. The number of amides is 2. The first kappa shape index (κ1) is 24.7. The van der Waals surface area contributed by atoms with Gasteiger partial charge in [0.25, 0.3) is 11.5 Å². The van der Waals surface area contributed by atoms with Crippen molar-refractivity contribution in [1.29, 1.82) is 0 Å². The number of thioether (sulfide) groups is 1. The van der Waals surface area contributed by atoms with Gasteiger partial charge < -0.3 is 10.6 Å². The summed E-state index contributed by atoms with van der Waals surface area (Å²) in [6, 6.07) is 11.9. The van der Waals surface area contributed by atoms with Gasteiger partial charge in [0.15, 0.2) is 10.9 Å². The molecule has 37 heavy (non-hydrogen) atoms. The van der Waals surface area contributed by atoms with Gasteiger partial charge in [-0.15, -0.1) is 10.2 Å². The summed E-state index contributed by atoms with van der Waals surface area (Å²) in [5, 5.41) is 15.1. The van der Waals surface area contributed by atoms with Crippen LogP contribution < -0.4 is 16.2 Å². The van der Waals surface area contributed by atoms with Crippen molar-refractivity contribution in [2.45, 2.75) is 43.8 Å². The average molecular weight is 519 g/mol. The van der Waals surface area contributed by atoms with Crippen molar-refractivity contribution in [2.75, 3.05) is 11.1 Å². The zero-order chi connectivity index (χ0) is 26.1. The van der Waals surface area contributed by atoms with Crippen molar-refractivity contribution in [3.8, 4) is 0 Å². The van der Waals surface area contributed by atoms with Crippen LogP contribution in [0.3, 0.4) is 0 Å². The fourth-order valence-electron chi connectivity index (χ4n) is 4.58. The van der Waals surface area contributed by atoms with Gasteiger partial charge in [0.05, 0.1) is 16.7 Å². The highest BCUT2D eigenvalue weighted by molar-refractivity contribution is 7.99. The number of hydrogen-bond acceptors (Lipinski definition) is 7. The van der Waals surface area contributed by atoms with Crippen LogP contribution in [-0.2, 0) is 11.8 Å². The van der Waals surface area contributed by atoms with E-state index in [2.05, 4.69) is 20.8 Å². The van der Waals surface area contributed by atoms with E-state index in [-0.39, 0.29) is 35.0 Å². The highest BCUT2D eigenvalue weighted by Gasteiger charge is 2.21. The first-order chi connectivity index (χ1) is 17.8. The van der Waals surface area contributed by atoms with E-state index in [1.165, 1.54) is 11.5 Å². The Labute approximate surface area is 216 Å². The van der Waals surface area contributed by atoms with Crippen LogP contribution in [0.25, 0.3) is 16.7 Å². The number of nitrogens with one attached hydrogen (secondary N) is 2. The molecule has 190 valence electrons. The SMILES string of the molecule is CC(=O)c1cccc(NC(=O)CSc2nnc3n(C)c(=O)c4ccc(C(=O)NC5CCCC5)cc4n23)c1. The number of anilines is 1. The fraction of sp³-hybridized carbons (Fsp3) is 0.308. The minimum absolute atomic E-state index is 0.0251. The molecule has 5 rings (SSSR count). The second-order valence-corrected chi connectivity index (χ2v) is 10.1. The number of aryl methyl sites for hydroxylation is 1. The molecule has 1 fully saturated rings. The summed E-state index contributed by atoms with van der Waals surface area (Å²) in [6.45, 7) is 1.47. The normalized spacial score (nSPS) is 13.8. The van der Waals surface area contributed by atoms with Crippen LogP contribution in [0.2, 0.25) is 0 Å². The van der Waals surface area contributed by atoms with Crippen LogP contribution in [0.4, 0.5) is 5.69 Å². The van der Waals surface area contributed by atoms with E-state index in [1.54, 1.807) is 53.9 Å². The summed E-state index contributed by atoms with van der Waals surface area (Å²) in [4.78, 5) is 50.1. The number of carbonyl (C=O) groups excluding carboxylic acids is 3. The molecule has 0 saturated heterocycles. The van der Waals surface area contributed by atoms with Crippen LogP contribution in [0.1, 0.15) is 53.3 Å². The number of hydrogen-bond donors (Lipinski definition) is 2. The average Bonchev–Trinajstić information content (AvgIpc) is 3.56. The number of aromatic nitrogens is 4. The zero-order valence-corrected chi connectivity index (χ0v) is 21.3. The number of ketones is 1. The number of benzene rings is 2. The minimum atomic E-state index is -0.284. The summed E-state index contributed by atoms with van der Waals surface area (Å²) < 4.78 is 3.09. The molecule has 4 aromatic rings. The van der Waals surface area contributed by atoms with Gasteiger partial charge in [-0.3, -0.25) is 28.1 Å². The van der Waals surface area contributed by atoms with Gasteiger partial charge in [0.2, 0.25) is 11.7 Å². The van der Waals surface area contributed by atoms with E-state index in [1.807, 2.05) is 0 Å². The molecule has 2 heterocycles. The second kappa shape index (κ2) is 10.2. The molecule has 1 aliphatic rings. The van der Waals surface area contributed by atoms with Crippen molar-refractivity contribution in [3.05, 3.63) is 63.9 Å². The molecule has 2 aromatic carbocycles. The lowest BCUT2D eigenvalue weighted by Crippen LogP contribution is -2.32. The Morgan fingerprint density at radius 1 is 1.05 bits per heavy atom. The van der Waals surface area contributed by atoms with Crippen molar-refractivity contribution in [2.24, 2.45) is 7.05 Å². The van der Waals surface area contributed by atoms with E-state index in [4.69, 9.17) is 0 Å². The Balaban J connectivity index is 1.43. The summed E-state index contributed by atoms with van der Waals surface area (Å²) in [5.74, 6) is -0.223. The molecule has 10 nitrogen and oxygen atoms in total. The van der Waals surface area contributed by atoms with Crippen molar-refractivity contribution in [1.82, 2.24) is 24.5 Å². The molecular weight excluding hydrogens is 492 g/mol. The number of Topliss-reactive ketones (excluding diaryl/α,β-unsaturated/α-hetero) is 1. The summed E-state index contributed by atoms with van der Waals surface area (Å²) >= 11 is 1.16. The van der Waals surface area contributed by atoms with E-state index in [9.17, 15) is 19.2 Å². The lowest BCUT2D eigenvalue weighted by molar-refractivity contribution is -0.113. The Morgan fingerprint density at radius 3 is 2.59 bits per heavy atom. The molecule has 2 amide bonds. The Morgan fingerprint density at radius 2 is 1.84 bits per heavy atom. The first-order valence-electron chi connectivity index (χ1n) is 12.0. The number of carbonyl (C=O) groups is 3. The van der Waals surface area contributed by atoms with Crippen LogP contribution >= 0.6 is 11.8 Å². The number of fused-ring (bicyclic) bond motifs is 3. The molecule has 0 atom stereocenters. The van der Waals surface area contributed by atoms with Crippen LogP contribution in [0.15, 0.2) is 52.4 Å². The van der Waals surface area contributed by atoms with Gasteiger partial charge in [-0.05, 0) is 50.1 Å². The molecule has 0 aliphatic heterocycles. The molecule has 0 bridgehead atoms. The monoisotopic (exact) mass is 518 g/mol. The van der Waals surface area contributed by atoms with Crippen LogP contribution in [-0.4, -0.2) is 48.6 Å². The number of nitrogens with zero attached hydrogens (tertiary/aromatic N) is 4. The third-order valence-corrected chi connectivity index (χ3v) is 7.46. The predicted molar refractivity (Wildman–Crippen MR) is 141 cm³/mol. The first-order valence-corrected chi connectivity index (χ1v) is 13.0. The topological polar surface area (TPSA) is 127 Å². The molecular formula is C26H26N6O4S. The third kappa shape index (κ3) is 4.99. The zero-order valence-electron chi connectivity index (χ0n) is 20.5. The lowest BCUT2D eigenvalue weighted by Gasteiger charge is -2.13. The van der Waals surface area contributed by atoms with Gasteiger partial charge >= 0.3 is 0 Å². The van der Waals surface area contributed by atoms with Crippen molar-refractivity contribution >= 4 is 51.7 Å². The van der Waals surface area contributed by atoms with E-state index >= 15 is 0 Å². The van der Waals surface area contributed by atoms with E-state index < -0.39 is 0 Å². The second-order valence-electron chi connectivity index (χ2n) is 9.14. The maximum atomic E-state index is 12.9. The van der Waals surface area contributed by atoms with Gasteiger partial charge in [0, 0.05) is 29.9 Å².